The van der Waals surface area contributed by atoms with E-state index in [0.717, 1.165) is 15.8 Å². The van der Waals surface area contributed by atoms with E-state index < -0.39 is 10.1 Å². The molecular formula is C15H13NO3S2. The molecule has 0 unspecified atom stereocenters. The summed E-state index contributed by atoms with van der Waals surface area (Å²) in [4.78, 5) is 4.51. The number of rotatable bonds is 4. The van der Waals surface area contributed by atoms with Gasteiger partial charge >= 0.3 is 0 Å². The molecule has 0 saturated carbocycles. The lowest BCUT2D eigenvalue weighted by Gasteiger charge is -2.04. The van der Waals surface area contributed by atoms with Crippen LogP contribution >= 0.6 is 11.3 Å². The van der Waals surface area contributed by atoms with E-state index >= 15 is 0 Å². The number of hydrogen-bond acceptors (Lipinski definition) is 5. The molecule has 0 aliphatic rings. The molecule has 0 radical (unpaired) electrons. The van der Waals surface area contributed by atoms with Crippen molar-refractivity contribution in [3.8, 4) is 0 Å². The fourth-order valence-corrected chi connectivity index (χ4v) is 3.71. The number of benzene rings is 2. The minimum atomic E-state index is -3.75. The zero-order valence-corrected chi connectivity index (χ0v) is 12.9. The van der Waals surface area contributed by atoms with E-state index in [-0.39, 0.29) is 11.5 Å². The SMILES string of the molecule is Cc1ccc(S(=O)(=O)OCc2nc3ccccc3s2)cc1. The third-order valence-corrected chi connectivity index (χ3v) is 5.27. The molecular weight excluding hydrogens is 306 g/mol. The van der Waals surface area contributed by atoms with Gasteiger partial charge in [0.1, 0.15) is 11.6 Å². The summed E-state index contributed by atoms with van der Waals surface area (Å²) in [5.74, 6) is 0. The van der Waals surface area contributed by atoms with Crippen LogP contribution in [0.2, 0.25) is 0 Å². The van der Waals surface area contributed by atoms with Crippen molar-refractivity contribution in [1.29, 1.82) is 0 Å². The molecule has 3 aromatic rings. The van der Waals surface area contributed by atoms with Crippen LogP contribution < -0.4 is 0 Å². The summed E-state index contributed by atoms with van der Waals surface area (Å²) in [6.45, 7) is 1.86. The number of aromatic nitrogens is 1. The van der Waals surface area contributed by atoms with Gasteiger partial charge in [-0.15, -0.1) is 11.3 Å². The highest BCUT2D eigenvalue weighted by atomic mass is 32.2. The summed E-state index contributed by atoms with van der Waals surface area (Å²) in [6, 6.07) is 14.2. The average molecular weight is 319 g/mol. The monoisotopic (exact) mass is 319 g/mol. The van der Waals surface area contributed by atoms with Gasteiger partial charge in [-0.05, 0) is 31.2 Å². The first-order valence-corrected chi connectivity index (χ1v) is 8.58. The smallest absolute Gasteiger partial charge is 0.259 e. The van der Waals surface area contributed by atoms with E-state index in [0.29, 0.717) is 5.01 Å². The highest BCUT2D eigenvalue weighted by Crippen LogP contribution is 2.23. The van der Waals surface area contributed by atoms with E-state index in [4.69, 9.17) is 4.18 Å². The van der Waals surface area contributed by atoms with Gasteiger partial charge in [0.2, 0.25) is 0 Å². The van der Waals surface area contributed by atoms with Crippen LogP contribution in [0, 0.1) is 6.92 Å². The largest absolute Gasteiger partial charge is 0.297 e. The van der Waals surface area contributed by atoms with Crippen molar-refractivity contribution < 1.29 is 12.6 Å². The Balaban J connectivity index is 1.78. The molecule has 0 bridgehead atoms. The van der Waals surface area contributed by atoms with Gasteiger partial charge in [0.15, 0.2) is 0 Å². The van der Waals surface area contributed by atoms with Crippen molar-refractivity contribution in [2.24, 2.45) is 0 Å². The zero-order valence-electron chi connectivity index (χ0n) is 11.3. The number of nitrogens with zero attached hydrogens (tertiary/aromatic N) is 1. The highest BCUT2D eigenvalue weighted by molar-refractivity contribution is 7.86. The molecule has 1 aromatic heterocycles. The maximum Gasteiger partial charge on any atom is 0.297 e. The van der Waals surface area contributed by atoms with Crippen molar-refractivity contribution in [3.63, 3.8) is 0 Å². The second kappa shape index (κ2) is 5.55. The van der Waals surface area contributed by atoms with Crippen molar-refractivity contribution in [3.05, 3.63) is 59.1 Å². The molecule has 2 aromatic carbocycles. The molecule has 0 fully saturated rings. The molecule has 21 heavy (non-hydrogen) atoms. The number of aryl methyl sites for hydroxylation is 1. The molecule has 0 aliphatic carbocycles. The Hall–Kier alpha value is -1.76. The third-order valence-electron chi connectivity index (χ3n) is 2.99. The van der Waals surface area contributed by atoms with E-state index in [1.807, 2.05) is 31.2 Å². The highest BCUT2D eigenvalue weighted by Gasteiger charge is 2.16. The van der Waals surface area contributed by atoms with Gasteiger partial charge in [0.05, 0.1) is 15.1 Å². The first kappa shape index (κ1) is 14.2. The minimum absolute atomic E-state index is 0.0461. The number of fused-ring (bicyclic) bond motifs is 1. The summed E-state index contributed by atoms with van der Waals surface area (Å²) in [5.41, 5.74) is 1.86. The second-order valence-electron chi connectivity index (χ2n) is 4.60. The van der Waals surface area contributed by atoms with Crippen LogP contribution in [0.5, 0.6) is 0 Å². The Morgan fingerprint density at radius 2 is 1.81 bits per heavy atom. The molecule has 0 amide bonds. The summed E-state index contributed by atoms with van der Waals surface area (Å²) in [6.07, 6.45) is 0. The molecule has 4 nitrogen and oxygen atoms in total. The van der Waals surface area contributed by atoms with Crippen LogP contribution in [0.15, 0.2) is 53.4 Å². The molecule has 6 heteroatoms. The summed E-state index contributed by atoms with van der Waals surface area (Å²) >= 11 is 1.44. The molecule has 0 N–H and O–H groups in total. The first-order chi connectivity index (χ1) is 10.0. The predicted molar refractivity (Wildman–Crippen MR) is 82.8 cm³/mol. The summed E-state index contributed by atoms with van der Waals surface area (Å²) in [5, 5.41) is 0.645. The Kier molecular flexibility index (Phi) is 3.75. The van der Waals surface area contributed by atoms with Gasteiger partial charge in [0.25, 0.3) is 10.1 Å². The Morgan fingerprint density at radius 3 is 2.52 bits per heavy atom. The van der Waals surface area contributed by atoms with E-state index in [9.17, 15) is 8.42 Å². The van der Waals surface area contributed by atoms with Crippen LogP contribution in [0.3, 0.4) is 0 Å². The molecule has 1 heterocycles. The number of para-hydroxylation sites is 1. The van der Waals surface area contributed by atoms with Crippen LogP contribution in [0.4, 0.5) is 0 Å². The van der Waals surface area contributed by atoms with Gasteiger partial charge in [-0.3, -0.25) is 4.18 Å². The first-order valence-electron chi connectivity index (χ1n) is 6.35. The molecule has 0 spiro atoms. The van der Waals surface area contributed by atoms with Crippen molar-refractivity contribution in [2.45, 2.75) is 18.4 Å². The normalized spacial score (nSPS) is 11.9. The molecule has 3 rings (SSSR count). The van der Waals surface area contributed by atoms with Gasteiger partial charge in [-0.25, -0.2) is 4.98 Å². The molecule has 108 valence electrons. The van der Waals surface area contributed by atoms with Gasteiger partial charge in [-0.2, -0.15) is 8.42 Å². The van der Waals surface area contributed by atoms with Crippen molar-refractivity contribution >= 4 is 31.7 Å². The number of thiazole rings is 1. The van der Waals surface area contributed by atoms with Crippen molar-refractivity contribution in [2.75, 3.05) is 0 Å². The third kappa shape index (κ3) is 3.12. The number of hydrogen-bond donors (Lipinski definition) is 0. The van der Waals surface area contributed by atoms with Crippen LogP contribution in [-0.2, 0) is 20.9 Å². The lowest BCUT2D eigenvalue weighted by molar-refractivity contribution is 0.307. The zero-order chi connectivity index (χ0) is 14.9. The molecule has 0 atom stereocenters. The predicted octanol–water partition coefficient (Wildman–Crippen LogP) is 3.51. The van der Waals surface area contributed by atoms with E-state index in [1.54, 1.807) is 24.3 Å². The fraction of sp³-hybridized carbons (Fsp3) is 0.133. The minimum Gasteiger partial charge on any atom is -0.259 e. The van der Waals surface area contributed by atoms with Crippen LogP contribution in [0.1, 0.15) is 10.6 Å². The van der Waals surface area contributed by atoms with Gasteiger partial charge in [-0.1, -0.05) is 29.8 Å². The summed E-state index contributed by atoms with van der Waals surface area (Å²) < 4.78 is 30.3. The standard InChI is InChI=1S/C15H13NO3S2/c1-11-6-8-12(9-7-11)21(17,18)19-10-15-16-13-4-2-3-5-14(13)20-15/h2-9H,10H2,1H3. The lowest BCUT2D eigenvalue weighted by Crippen LogP contribution is -2.06. The van der Waals surface area contributed by atoms with Gasteiger partial charge < -0.3 is 0 Å². The molecule has 0 saturated heterocycles. The maximum atomic E-state index is 12.1. The lowest BCUT2D eigenvalue weighted by atomic mass is 10.2. The second-order valence-corrected chi connectivity index (χ2v) is 7.34. The Morgan fingerprint density at radius 1 is 1.10 bits per heavy atom. The van der Waals surface area contributed by atoms with E-state index in [1.165, 1.54) is 11.3 Å². The van der Waals surface area contributed by atoms with Gasteiger partial charge in [0, 0.05) is 0 Å². The molecule has 0 aliphatic heterocycles. The van der Waals surface area contributed by atoms with Crippen LogP contribution in [0.25, 0.3) is 10.2 Å². The van der Waals surface area contributed by atoms with Crippen LogP contribution in [-0.4, -0.2) is 13.4 Å². The topological polar surface area (TPSA) is 56.3 Å². The Labute approximate surface area is 127 Å². The fourth-order valence-electron chi connectivity index (χ4n) is 1.88. The van der Waals surface area contributed by atoms with Crippen molar-refractivity contribution in [1.82, 2.24) is 4.98 Å². The quantitative estimate of drug-likeness (QED) is 0.691. The maximum absolute atomic E-state index is 12.1. The summed E-state index contributed by atoms with van der Waals surface area (Å²) in [7, 11) is -3.75. The Bertz CT molecular complexity index is 834. The average Bonchev–Trinajstić information content (AvgIpc) is 2.89. The van der Waals surface area contributed by atoms with E-state index in [2.05, 4.69) is 4.98 Å².